The van der Waals surface area contributed by atoms with Crippen LogP contribution in [0.5, 0.6) is 0 Å². The molecule has 0 rings (SSSR count). The zero-order chi connectivity index (χ0) is 2.00. The Morgan fingerprint density at radius 1 is 1.00 bits per heavy atom. The van der Waals surface area contributed by atoms with Crippen LogP contribution in [0.15, 0.2) is 0 Å². The number of hydrogen-bond donors (Lipinski definition) is 0. The van der Waals surface area contributed by atoms with Crippen LogP contribution in [0.1, 0.15) is 0 Å². The second-order valence-electron chi connectivity index (χ2n) is 0. The van der Waals surface area contributed by atoms with E-state index >= 15 is 0 Å². The maximum atomic E-state index is 7.81. The first-order valence-corrected chi connectivity index (χ1v) is 0.508. The quantitative estimate of drug-likeness (QED) is 0.286. The van der Waals surface area contributed by atoms with Crippen molar-refractivity contribution in [2.75, 3.05) is 0 Å². The van der Waals surface area contributed by atoms with E-state index in [-0.39, 0.29) is 43.2 Å². The van der Waals surface area contributed by atoms with Gasteiger partial charge in [0, 0.05) is 0 Å². The third kappa shape index (κ3) is 30.4. The fraction of sp³-hybridized carbons (Fsp3) is 0. The van der Waals surface area contributed by atoms with E-state index in [1.165, 1.54) is 0 Å². The Balaban J connectivity index is -0.00000000167. The molecule has 0 amide bonds. The van der Waals surface area contributed by atoms with Crippen molar-refractivity contribution in [3.05, 3.63) is 0 Å². The van der Waals surface area contributed by atoms with Crippen molar-refractivity contribution in [1.29, 1.82) is 0 Å². The number of hydrogen-bond acceptors (Lipinski definition) is 1. The summed E-state index contributed by atoms with van der Waals surface area (Å²) in [6.45, 7) is 0. The van der Waals surface area contributed by atoms with Gasteiger partial charge in [0.15, 0.2) is 0 Å². The van der Waals surface area contributed by atoms with E-state index < -0.39 is 0 Å². The topological polar surface area (TPSA) is 45.6 Å². The summed E-state index contributed by atoms with van der Waals surface area (Å²) in [5, 5.41) is 0. The van der Waals surface area contributed by atoms with E-state index in [2.05, 4.69) is 15.9 Å². The Morgan fingerprint density at radius 2 is 1.00 bits per heavy atom. The predicted molar refractivity (Wildman–Crippen MR) is 1.37 cm³/mol. The van der Waals surface area contributed by atoms with E-state index in [0.29, 0.717) is 0 Å². The Hall–Kier alpha value is 1.47. The Bertz CT molecular complexity index is 7.61. The molecule has 0 fully saturated rings. The van der Waals surface area contributed by atoms with Crippen LogP contribution < -0.4 is 37.7 Å². The van der Waals surface area contributed by atoms with Gasteiger partial charge in [0.25, 0.3) is 0 Å². The molecule has 2 nitrogen and oxygen atoms in total. The van der Waals surface area contributed by atoms with Crippen LogP contribution >= 0.6 is 0 Å². The molecule has 0 unspecified atom stereocenters. The summed E-state index contributed by atoms with van der Waals surface area (Å²) in [5.41, 5.74) is 0. The second kappa shape index (κ2) is 50.4. The Labute approximate surface area is 62.8 Å². The van der Waals surface area contributed by atoms with E-state index in [4.69, 9.17) is 3.83 Å². The minimum absolute atomic E-state index is 0. The average Bonchev–Trinajstić information content (AvgIpc) is 1.00. The van der Waals surface area contributed by atoms with E-state index in [1.54, 1.807) is 0 Å². The van der Waals surface area contributed by atoms with E-state index in [9.17, 15) is 0 Å². The summed E-state index contributed by atoms with van der Waals surface area (Å²) in [4.78, 5) is 0. The van der Waals surface area contributed by atoms with Crippen LogP contribution in [0, 0.1) is 0 Å². The molecule has 0 atom stereocenters. The van der Waals surface area contributed by atoms with Crippen molar-refractivity contribution in [1.82, 2.24) is 0 Å². The first kappa shape index (κ1) is 31.7. The van der Waals surface area contributed by atoms with Gasteiger partial charge in [-0.3, -0.25) is 0 Å². The first-order valence-electron chi connectivity index (χ1n) is 0.123. The Morgan fingerprint density at radius 3 is 1.00 bits per heavy atom. The van der Waals surface area contributed by atoms with Crippen molar-refractivity contribution in [3.8, 4) is 0 Å². The molecule has 0 bridgehead atoms. The van der Waals surface area contributed by atoms with Crippen LogP contribution in [0.4, 0.5) is 0 Å². The van der Waals surface area contributed by atoms with Gasteiger partial charge < -0.3 is 5.48 Å². The molecular formula is CuLi2O2. The molecule has 0 aliphatic carbocycles. The molecule has 25 valence electrons. The van der Waals surface area contributed by atoms with Gasteiger partial charge in [-0.05, 0) is 0 Å². The standard InChI is InChI=1S/Cu.2Li.2O/q;2*+1;;-2. The molecule has 0 heterocycles. The summed E-state index contributed by atoms with van der Waals surface area (Å²) < 4.78 is 7.81. The summed E-state index contributed by atoms with van der Waals surface area (Å²) in [6, 6.07) is 0. The van der Waals surface area contributed by atoms with Gasteiger partial charge in [0.05, 0.1) is 0 Å². The molecule has 0 aliphatic rings. The summed E-state index contributed by atoms with van der Waals surface area (Å²) in [6.07, 6.45) is 0. The van der Waals surface area contributed by atoms with Crippen molar-refractivity contribution in [2.45, 2.75) is 0 Å². The molecular weight excluding hydrogens is 109 g/mol. The second-order valence-corrected chi connectivity index (χ2v) is 0. The third-order valence-electron chi connectivity index (χ3n) is 0. The zero-order valence-electron chi connectivity index (χ0n) is 3.12. The molecule has 0 N–H and O–H groups in total. The van der Waals surface area contributed by atoms with Gasteiger partial charge in [-0.25, -0.2) is 0 Å². The van der Waals surface area contributed by atoms with Crippen LogP contribution in [-0.4, -0.2) is 0 Å². The molecule has 0 saturated carbocycles. The summed E-state index contributed by atoms with van der Waals surface area (Å²) in [5.74, 6) is 0. The molecule has 0 saturated heterocycles. The summed E-state index contributed by atoms with van der Waals surface area (Å²) >= 11 is 2.94. The zero-order valence-corrected chi connectivity index (χ0v) is 4.06. The molecule has 0 aromatic carbocycles. The number of rotatable bonds is 0. The van der Waals surface area contributed by atoms with Crippen LogP contribution in [0.3, 0.4) is 0 Å². The van der Waals surface area contributed by atoms with Gasteiger partial charge in [0.2, 0.25) is 0 Å². The van der Waals surface area contributed by atoms with Gasteiger partial charge >= 0.3 is 57.5 Å². The minimum atomic E-state index is 0. The first-order chi connectivity index (χ1) is 1.00. The van der Waals surface area contributed by atoms with Gasteiger partial charge in [-0.2, -0.15) is 0 Å². The van der Waals surface area contributed by atoms with Crippen LogP contribution in [0.2, 0.25) is 0 Å². The maximum absolute atomic E-state index is 7.81. The molecule has 5 heteroatoms. The fourth-order valence-electron chi connectivity index (χ4n) is 0. The molecule has 0 spiro atoms. The van der Waals surface area contributed by atoms with Gasteiger partial charge in [0.1, 0.15) is 0 Å². The normalized spacial score (nSPS) is 1.20. The van der Waals surface area contributed by atoms with E-state index in [0.717, 1.165) is 0 Å². The summed E-state index contributed by atoms with van der Waals surface area (Å²) in [7, 11) is 0. The van der Waals surface area contributed by atoms with Gasteiger partial charge in [-0.15, -0.1) is 0 Å². The monoisotopic (exact) mass is 109 g/mol. The van der Waals surface area contributed by atoms with Crippen LogP contribution in [-0.2, 0) is 25.3 Å². The van der Waals surface area contributed by atoms with Crippen molar-refractivity contribution >= 4 is 0 Å². The SMILES string of the molecule is [Li+].[Li+].[O-2].[O]=[Cu]. The van der Waals surface area contributed by atoms with Crippen LogP contribution in [0.25, 0.3) is 0 Å². The van der Waals surface area contributed by atoms with Gasteiger partial charge in [-0.1, -0.05) is 0 Å². The van der Waals surface area contributed by atoms with Crippen molar-refractivity contribution in [3.63, 3.8) is 0 Å². The third-order valence-corrected chi connectivity index (χ3v) is 0. The Kier molecular flexibility index (Phi) is 320. The molecule has 0 aliphatic heterocycles. The van der Waals surface area contributed by atoms with E-state index in [1.807, 2.05) is 0 Å². The van der Waals surface area contributed by atoms with Crippen molar-refractivity contribution < 1.29 is 63.0 Å². The molecule has 0 radical (unpaired) electrons. The van der Waals surface area contributed by atoms with Crippen molar-refractivity contribution in [2.24, 2.45) is 0 Å². The molecule has 0 aromatic heterocycles. The molecule has 5 heavy (non-hydrogen) atoms. The predicted octanol–water partition coefficient (Wildman–Crippen LogP) is -6.23. The fourth-order valence-corrected chi connectivity index (χ4v) is 0. The average molecular weight is 109 g/mol. The molecule has 0 aromatic rings.